The maximum Gasteiger partial charge on any atom is 0.248 e. The van der Waals surface area contributed by atoms with Crippen molar-refractivity contribution in [3.8, 4) is 0 Å². The molecule has 1 aromatic rings. The van der Waals surface area contributed by atoms with Gasteiger partial charge < -0.3 is 9.80 Å². The van der Waals surface area contributed by atoms with Crippen molar-refractivity contribution in [2.24, 2.45) is 10.9 Å². The van der Waals surface area contributed by atoms with Gasteiger partial charge in [0.15, 0.2) is 15.0 Å². The highest BCUT2D eigenvalue weighted by atomic mass is 32.2. The lowest BCUT2D eigenvalue weighted by Crippen LogP contribution is -2.37. The molecule has 6 nitrogen and oxygen atoms in total. The number of carbonyl (C=O) groups is 1. The van der Waals surface area contributed by atoms with Gasteiger partial charge in [0.25, 0.3) is 0 Å². The number of sulfone groups is 1. The third-order valence-electron chi connectivity index (χ3n) is 6.17. The van der Waals surface area contributed by atoms with E-state index in [-0.39, 0.29) is 28.7 Å². The molecule has 29 heavy (non-hydrogen) atoms. The third kappa shape index (κ3) is 4.63. The van der Waals surface area contributed by atoms with E-state index in [0.717, 1.165) is 17.8 Å². The number of anilines is 2. The molecule has 0 radical (unpaired) electrons. The summed E-state index contributed by atoms with van der Waals surface area (Å²) >= 11 is 1.45. The maximum absolute atomic E-state index is 12.6. The monoisotopic (exact) mass is 435 g/mol. The summed E-state index contributed by atoms with van der Waals surface area (Å²) in [6.07, 6.45) is 6.40. The van der Waals surface area contributed by atoms with Gasteiger partial charge in [0, 0.05) is 37.1 Å². The second-order valence-electron chi connectivity index (χ2n) is 8.56. The minimum Gasteiger partial charge on any atom is -0.378 e. The first kappa shape index (κ1) is 20.7. The summed E-state index contributed by atoms with van der Waals surface area (Å²) in [5.74, 6) is 0.853. The second-order valence-corrected chi connectivity index (χ2v) is 11.9. The van der Waals surface area contributed by atoms with Gasteiger partial charge in [0.2, 0.25) is 5.91 Å². The van der Waals surface area contributed by atoms with Crippen LogP contribution in [0, 0.1) is 5.92 Å². The molecule has 1 saturated carbocycles. The van der Waals surface area contributed by atoms with E-state index in [0.29, 0.717) is 17.5 Å². The molecule has 3 aliphatic rings. The molecule has 1 amide bonds. The molecule has 2 atom stereocenters. The Hall–Kier alpha value is -1.54. The van der Waals surface area contributed by atoms with Crippen LogP contribution in [0.4, 0.5) is 11.4 Å². The van der Waals surface area contributed by atoms with Crippen molar-refractivity contribution < 1.29 is 13.2 Å². The zero-order chi connectivity index (χ0) is 20.6. The van der Waals surface area contributed by atoms with Gasteiger partial charge in [-0.3, -0.25) is 4.79 Å². The van der Waals surface area contributed by atoms with Crippen molar-refractivity contribution in [2.45, 2.75) is 49.8 Å². The average Bonchev–Trinajstić information content (AvgIpc) is 3.34. The van der Waals surface area contributed by atoms with Crippen molar-refractivity contribution >= 4 is 44.0 Å². The smallest absolute Gasteiger partial charge is 0.248 e. The standard InChI is InChI=1S/C21H29N3O3S2/c1-23(2)16-8-10-17(11-9-16)24-18-13-29(26,27)14-19(18)28-21(24)22-20(25)12-7-15-5-3-4-6-15/h8-11,15,18-19H,3-7,12-14H2,1-2H3/t18-,19+/m0/s1. The number of hydrogen-bond acceptors (Lipinski definition) is 5. The first-order chi connectivity index (χ1) is 13.8. The molecule has 0 bridgehead atoms. The average molecular weight is 436 g/mol. The number of fused-ring (bicyclic) bond motifs is 1. The first-order valence-corrected chi connectivity index (χ1v) is 13.1. The van der Waals surface area contributed by atoms with Gasteiger partial charge in [0.1, 0.15) is 0 Å². The van der Waals surface area contributed by atoms with E-state index in [1.165, 1.54) is 37.4 Å². The van der Waals surface area contributed by atoms with Crippen LogP contribution in [0.3, 0.4) is 0 Å². The first-order valence-electron chi connectivity index (χ1n) is 10.4. The topological polar surface area (TPSA) is 70.0 Å². The number of nitrogens with zero attached hydrogens (tertiary/aromatic N) is 3. The van der Waals surface area contributed by atoms with Crippen LogP contribution in [0.25, 0.3) is 0 Å². The van der Waals surface area contributed by atoms with Crippen LogP contribution in [-0.2, 0) is 14.6 Å². The Morgan fingerprint density at radius 1 is 1.17 bits per heavy atom. The van der Waals surface area contributed by atoms with E-state index in [1.54, 1.807) is 0 Å². The Labute approximate surface area is 177 Å². The van der Waals surface area contributed by atoms with Crippen LogP contribution in [0.15, 0.2) is 29.3 Å². The minimum atomic E-state index is -3.05. The zero-order valence-corrected chi connectivity index (χ0v) is 18.7. The quantitative estimate of drug-likeness (QED) is 0.707. The lowest BCUT2D eigenvalue weighted by Gasteiger charge is -2.25. The molecule has 2 aliphatic heterocycles. The summed E-state index contributed by atoms with van der Waals surface area (Å²) in [4.78, 5) is 21.0. The molecule has 0 unspecified atom stereocenters. The number of hydrogen-bond donors (Lipinski definition) is 0. The van der Waals surface area contributed by atoms with Crippen LogP contribution in [0.5, 0.6) is 0 Å². The fourth-order valence-electron chi connectivity index (χ4n) is 4.57. The normalized spacial score (nSPS) is 27.5. The lowest BCUT2D eigenvalue weighted by molar-refractivity contribution is -0.118. The van der Waals surface area contributed by atoms with E-state index < -0.39 is 9.84 Å². The number of rotatable bonds is 5. The summed E-state index contributed by atoms with van der Waals surface area (Å²) in [7, 11) is 0.913. The number of benzene rings is 1. The molecule has 158 valence electrons. The highest BCUT2D eigenvalue weighted by Gasteiger charge is 2.49. The van der Waals surface area contributed by atoms with Crippen LogP contribution < -0.4 is 9.80 Å². The number of amidine groups is 1. The molecule has 3 fully saturated rings. The summed E-state index contributed by atoms with van der Waals surface area (Å²) in [6.45, 7) is 0. The predicted molar refractivity (Wildman–Crippen MR) is 121 cm³/mol. The second kappa shape index (κ2) is 8.30. The third-order valence-corrected chi connectivity index (χ3v) is 9.38. The van der Waals surface area contributed by atoms with Gasteiger partial charge in [0.05, 0.1) is 17.5 Å². The molecular weight excluding hydrogens is 406 g/mol. The Morgan fingerprint density at radius 3 is 2.52 bits per heavy atom. The number of amides is 1. The van der Waals surface area contributed by atoms with E-state index in [4.69, 9.17) is 0 Å². The largest absolute Gasteiger partial charge is 0.378 e. The van der Waals surface area contributed by atoms with Crippen LogP contribution in [0.2, 0.25) is 0 Å². The molecule has 4 rings (SSSR count). The Balaban J connectivity index is 1.55. The van der Waals surface area contributed by atoms with Gasteiger partial charge in [-0.1, -0.05) is 37.4 Å². The molecule has 2 heterocycles. The predicted octanol–water partition coefficient (Wildman–Crippen LogP) is 3.32. The van der Waals surface area contributed by atoms with Gasteiger partial charge in [-0.25, -0.2) is 8.42 Å². The Kier molecular flexibility index (Phi) is 5.93. The molecular formula is C21H29N3O3S2. The van der Waals surface area contributed by atoms with Gasteiger partial charge >= 0.3 is 0 Å². The molecule has 1 aliphatic carbocycles. The van der Waals surface area contributed by atoms with Crippen LogP contribution in [-0.4, -0.2) is 56.4 Å². The van der Waals surface area contributed by atoms with Crippen molar-refractivity contribution in [1.29, 1.82) is 0 Å². The summed E-state index contributed by atoms with van der Waals surface area (Å²) in [5, 5.41) is 0.596. The van der Waals surface area contributed by atoms with Crippen molar-refractivity contribution in [3.05, 3.63) is 24.3 Å². The fourth-order valence-corrected chi connectivity index (χ4v) is 8.50. The van der Waals surface area contributed by atoms with E-state index in [2.05, 4.69) is 4.99 Å². The summed E-state index contributed by atoms with van der Waals surface area (Å²) in [5.41, 5.74) is 1.97. The SMILES string of the molecule is CN(C)c1ccc(N2C(=NC(=O)CCC3CCCC3)S[C@@H]3CS(=O)(=O)C[C@@H]32)cc1. The Bertz CT molecular complexity index is 890. The van der Waals surface area contributed by atoms with Crippen LogP contribution in [0.1, 0.15) is 38.5 Å². The van der Waals surface area contributed by atoms with Gasteiger partial charge in [-0.15, -0.1) is 0 Å². The molecule has 0 N–H and O–H groups in total. The number of thioether (sulfide) groups is 1. The molecule has 2 saturated heterocycles. The molecule has 8 heteroatoms. The fraction of sp³-hybridized carbons (Fsp3) is 0.619. The molecule has 0 spiro atoms. The molecule has 0 aromatic heterocycles. The molecule has 1 aromatic carbocycles. The maximum atomic E-state index is 12.6. The summed E-state index contributed by atoms with van der Waals surface area (Å²) in [6, 6.07) is 7.84. The van der Waals surface area contributed by atoms with Crippen LogP contribution >= 0.6 is 11.8 Å². The highest BCUT2D eigenvalue weighted by molar-refractivity contribution is 8.16. The van der Waals surface area contributed by atoms with E-state index in [9.17, 15) is 13.2 Å². The lowest BCUT2D eigenvalue weighted by atomic mass is 10.0. The van der Waals surface area contributed by atoms with E-state index in [1.807, 2.05) is 48.2 Å². The van der Waals surface area contributed by atoms with Gasteiger partial charge in [-0.2, -0.15) is 4.99 Å². The minimum absolute atomic E-state index is 0.0603. The van der Waals surface area contributed by atoms with Crippen molar-refractivity contribution in [2.75, 3.05) is 35.4 Å². The van der Waals surface area contributed by atoms with Crippen molar-refractivity contribution in [3.63, 3.8) is 0 Å². The number of carbonyl (C=O) groups excluding carboxylic acids is 1. The summed E-state index contributed by atoms with van der Waals surface area (Å²) < 4.78 is 24.4. The van der Waals surface area contributed by atoms with Crippen molar-refractivity contribution in [1.82, 2.24) is 0 Å². The highest BCUT2D eigenvalue weighted by Crippen LogP contribution is 2.41. The van der Waals surface area contributed by atoms with Gasteiger partial charge in [-0.05, 0) is 36.6 Å². The number of aliphatic imine (C=N–C) groups is 1. The Morgan fingerprint density at radius 2 is 1.86 bits per heavy atom. The zero-order valence-electron chi connectivity index (χ0n) is 17.1. The van der Waals surface area contributed by atoms with E-state index >= 15 is 0 Å².